The Balaban J connectivity index is 1.42. The first kappa shape index (κ1) is 24.3. The van der Waals surface area contributed by atoms with E-state index in [0.29, 0.717) is 19.5 Å². The largest absolute Gasteiger partial charge is 0.481 e. The lowest BCUT2D eigenvalue weighted by molar-refractivity contribution is -0.138. The lowest BCUT2D eigenvalue weighted by Crippen LogP contribution is -2.51. The fourth-order valence-corrected chi connectivity index (χ4v) is 4.68. The van der Waals surface area contributed by atoms with Crippen LogP contribution in [0, 0.1) is 0 Å². The molecule has 9 nitrogen and oxygen atoms in total. The van der Waals surface area contributed by atoms with Gasteiger partial charge in [-0.3, -0.25) is 14.4 Å². The highest BCUT2D eigenvalue weighted by molar-refractivity contribution is 5.87. The Labute approximate surface area is 203 Å². The number of rotatable bonds is 7. The van der Waals surface area contributed by atoms with Crippen molar-refractivity contribution >= 4 is 23.9 Å². The number of carbonyl (C=O) groups is 4. The molecule has 1 saturated heterocycles. The lowest BCUT2D eigenvalue weighted by Gasteiger charge is -2.29. The number of hydrogen-bond donors (Lipinski definition) is 3. The van der Waals surface area contributed by atoms with Crippen molar-refractivity contribution in [2.45, 2.75) is 37.6 Å². The highest BCUT2D eigenvalue weighted by atomic mass is 16.5. The van der Waals surface area contributed by atoms with Crippen LogP contribution in [0.4, 0.5) is 4.79 Å². The van der Waals surface area contributed by atoms with Crippen LogP contribution in [0.15, 0.2) is 48.5 Å². The number of amides is 3. The van der Waals surface area contributed by atoms with Crippen molar-refractivity contribution in [3.05, 3.63) is 59.7 Å². The third-order valence-electron chi connectivity index (χ3n) is 6.43. The van der Waals surface area contributed by atoms with Gasteiger partial charge in [0.2, 0.25) is 11.8 Å². The van der Waals surface area contributed by atoms with Crippen LogP contribution < -0.4 is 10.6 Å². The Morgan fingerprint density at radius 2 is 1.71 bits per heavy atom. The normalized spacial score (nSPS) is 16.2. The van der Waals surface area contributed by atoms with Gasteiger partial charge in [-0.1, -0.05) is 48.5 Å². The molecule has 4 rings (SSSR count). The molecule has 2 aromatic rings. The molecular weight excluding hydrogens is 450 g/mol. The van der Waals surface area contributed by atoms with Crippen LogP contribution >= 0.6 is 0 Å². The first-order chi connectivity index (χ1) is 16.9. The average Bonchev–Trinajstić information content (AvgIpc) is 3.16. The van der Waals surface area contributed by atoms with Crippen LogP contribution in [0.1, 0.15) is 42.7 Å². The summed E-state index contributed by atoms with van der Waals surface area (Å²) in [5.74, 6) is -1.75. The highest BCUT2D eigenvalue weighted by Crippen LogP contribution is 2.44. The maximum atomic E-state index is 13.1. The third kappa shape index (κ3) is 5.79. The topological polar surface area (TPSA) is 125 Å². The minimum absolute atomic E-state index is 0.0684. The minimum atomic E-state index is -1.07. The molecule has 1 aliphatic heterocycles. The number of ether oxygens (including phenoxy) is 1. The molecule has 1 unspecified atom stereocenters. The average molecular weight is 480 g/mol. The second-order valence-corrected chi connectivity index (χ2v) is 8.73. The molecule has 3 amide bonds. The van der Waals surface area contributed by atoms with Gasteiger partial charge >= 0.3 is 12.1 Å². The predicted molar refractivity (Wildman–Crippen MR) is 128 cm³/mol. The molecule has 1 fully saturated rings. The van der Waals surface area contributed by atoms with E-state index in [1.54, 1.807) is 0 Å². The van der Waals surface area contributed by atoms with Gasteiger partial charge in [0, 0.05) is 38.4 Å². The molecule has 0 spiro atoms. The third-order valence-corrected chi connectivity index (χ3v) is 6.43. The zero-order valence-electron chi connectivity index (χ0n) is 19.4. The van der Waals surface area contributed by atoms with Crippen LogP contribution in [0.3, 0.4) is 0 Å². The number of aliphatic carboxylic acids is 1. The van der Waals surface area contributed by atoms with E-state index < -0.39 is 24.0 Å². The van der Waals surface area contributed by atoms with E-state index in [1.807, 2.05) is 48.5 Å². The van der Waals surface area contributed by atoms with Crippen LogP contribution in [0.5, 0.6) is 0 Å². The van der Waals surface area contributed by atoms with Crippen molar-refractivity contribution in [1.29, 1.82) is 0 Å². The monoisotopic (exact) mass is 479 g/mol. The van der Waals surface area contributed by atoms with E-state index in [9.17, 15) is 19.2 Å². The number of carboxylic acids is 1. The van der Waals surface area contributed by atoms with E-state index >= 15 is 0 Å². The summed E-state index contributed by atoms with van der Waals surface area (Å²) in [6.07, 6.45) is -0.397. The predicted octanol–water partition coefficient (Wildman–Crippen LogP) is 2.50. The number of hydrogen-bond acceptors (Lipinski definition) is 5. The van der Waals surface area contributed by atoms with Gasteiger partial charge in [0.15, 0.2) is 0 Å². The lowest BCUT2D eigenvalue weighted by atomic mass is 9.98. The van der Waals surface area contributed by atoms with E-state index in [2.05, 4.69) is 10.6 Å². The summed E-state index contributed by atoms with van der Waals surface area (Å²) < 4.78 is 5.54. The summed E-state index contributed by atoms with van der Waals surface area (Å²) in [5.41, 5.74) is 4.35. The van der Waals surface area contributed by atoms with Gasteiger partial charge in [0.1, 0.15) is 12.6 Å². The van der Waals surface area contributed by atoms with Gasteiger partial charge in [0.25, 0.3) is 0 Å². The summed E-state index contributed by atoms with van der Waals surface area (Å²) in [4.78, 5) is 50.3. The Hall–Kier alpha value is -3.88. The van der Waals surface area contributed by atoms with E-state index in [1.165, 1.54) is 4.90 Å². The van der Waals surface area contributed by atoms with Crippen LogP contribution in [0.2, 0.25) is 0 Å². The summed E-state index contributed by atoms with van der Waals surface area (Å²) in [7, 11) is 0. The molecule has 184 valence electrons. The maximum Gasteiger partial charge on any atom is 0.407 e. The fourth-order valence-electron chi connectivity index (χ4n) is 4.68. The minimum Gasteiger partial charge on any atom is -0.481 e. The van der Waals surface area contributed by atoms with Gasteiger partial charge in [-0.25, -0.2) is 4.79 Å². The molecular formula is C26H29N3O6. The molecule has 2 aliphatic rings. The van der Waals surface area contributed by atoms with E-state index in [4.69, 9.17) is 9.84 Å². The fraction of sp³-hybridized carbons (Fsp3) is 0.385. The summed E-state index contributed by atoms with van der Waals surface area (Å²) in [6.45, 7) is 1.17. The molecule has 9 heteroatoms. The Morgan fingerprint density at radius 3 is 2.37 bits per heavy atom. The molecule has 0 saturated carbocycles. The van der Waals surface area contributed by atoms with Crippen molar-refractivity contribution in [3.63, 3.8) is 0 Å². The zero-order valence-corrected chi connectivity index (χ0v) is 19.4. The zero-order chi connectivity index (χ0) is 24.8. The molecule has 1 aliphatic carbocycles. The number of nitrogens with zero attached hydrogens (tertiary/aromatic N) is 1. The smallest absolute Gasteiger partial charge is 0.407 e. The summed E-state index contributed by atoms with van der Waals surface area (Å²) in [5, 5.41) is 14.4. The summed E-state index contributed by atoms with van der Waals surface area (Å²) in [6, 6.07) is 14.9. The molecule has 0 aromatic heterocycles. The number of carboxylic acid groups (broad SMARTS) is 1. The van der Waals surface area contributed by atoms with Crippen molar-refractivity contribution in [2.75, 3.05) is 26.2 Å². The van der Waals surface area contributed by atoms with Crippen molar-refractivity contribution in [1.82, 2.24) is 15.5 Å². The number of alkyl carbamates (subject to hydrolysis) is 1. The van der Waals surface area contributed by atoms with Gasteiger partial charge in [-0.2, -0.15) is 0 Å². The first-order valence-electron chi connectivity index (χ1n) is 11.8. The Bertz CT molecular complexity index is 1070. The van der Waals surface area contributed by atoms with Gasteiger partial charge < -0.3 is 25.4 Å². The molecule has 2 aromatic carbocycles. The standard InChI is InChI=1S/C26H29N3O6/c30-23-12-15-29(14-5-13-27-23)25(33)22(10-11-24(31)32)28-26(34)35-16-21-19-8-3-1-6-17(19)18-7-2-4-9-20(18)21/h1-4,6-9,21-22H,5,10-16H2,(H,27,30)(H,28,34)(H,31,32). The van der Waals surface area contributed by atoms with Gasteiger partial charge in [0.05, 0.1) is 0 Å². The Kier molecular flexibility index (Phi) is 7.64. The molecule has 35 heavy (non-hydrogen) atoms. The highest BCUT2D eigenvalue weighted by Gasteiger charge is 2.31. The number of fused-ring (bicyclic) bond motifs is 3. The van der Waals surface area contributed by atoms with Crippen LogP contribution in [-0.2, 0) is 19.1 Å². The number of benzene rings is 2. The molecule has 1 heterocycles. The first-order valence-corrected chi connectivity index (χ1v) is 11.8. The Morgan fingerprint density at radius 1 is 1.06 bits per heavy atom. The SMILES string of the molecule is O=C(O)CCC(NC(=O)OCC1c2ccccc2-c2ccccc21)C(=O)N1CCCNC(=O)CC1. The van der Waals surface area contributed by atoms with Gasteiger partial charge in [-0.15, -0.1) is 0 Å². The molecule has 0 radical (unpaired) electrons. The van der Waals surface area contributed by atoms with Crippen molar-refractivity contribution in [3.8, 4) is 11.1 Å². The maximum absolute atomic E-state index is 13.1. The quantitative estimate of drug-likeness (QED) is 0.560. The van der Waals surface area contributed by atoms with Crippen LogP contribution in [0.25, 0.3) is 11.1 Å². The van der Waals surface area contributed by atoms with Gasteiger partial charge in [-0.05, 0) is 35.1 Å². The molecule has 1 atom stereocenters. The number of carbonyl (C=O) groups excluding carboxylic acids is 3. The van der Waals surface area contributed by atoms with E-state index in [0.717, 1.165) is 22.3 Å². The second kappa shape index (κ2) is 11.0. The second-order valence-electron chi connectivity index (χ2n) is 8.73. The van der Waals surface area contributed by atoms with Crippen LogP contribution in [-0.4, -0.2) is 66.2 Å². The van der Waals surface area contributed by atoms with Crippen molar-refractivity contribution < 1.29 is 29.0 Å². The molecule has 3 N–H and O–H groups in total. The summed E-state index contributed by atoms with van der Waals surface area (Å²) >= 11 is 0. The van der Waals surface area contributed by atoms with Crippen molar-refractivity contribution in [2.24, 2.45) is 0 Å². The molecule has 0 bridgehead atoms. The number of nitrogens with one attached hydrogen (secondary N) is 2. The van der Waals surface area contributed by atoms with E-state index in [-0.39, 0.29) is 44.2 Å².